The lowest BCUT2D eigenvalue weighted by Crippen LogP contribution is -2.08. The number of thioether (sulfide) groups is 1. The van der Waals surface area contributed by atoms with Crippen LogP contribution >= 0.6 is 11.8 Å². The second-order valence-corrected chi connectivity index (χ2v) is 8.90. The molecule has 3 aromatic rings. The summed E-state index contributed by atoms with van der Waals surface area (Å²) in [6.45, 7) is 7.67. The van der Waals surface area contributed by atoms with Gasteiger partial charge in [0.05, 0.1) is 11.7 Å². The molecule has 0 radical (unpaired) electrons. The smallest absolute Gasteiger partial charge is 0.340 e. The van der Waals surface area contributed by atoms with Gasteiger partial charge in [0, 0.05) is 36.7 Å². The molecule has 1 aromatic carbocycles. The van der Waals surface area contributed by atoms with E-state index >= 15 is 0 Å². The largest absolute Gasteiger partial charge is 0.493 e. The van der Waals surface area contributed by atoms with Crippen LogP contribution in [0.3, 0.4) is 0 Å². The third-order valence-corrected chi connectivity index (χ3v) is 5.92. The van der Waals surface area contributed by atoms with Crippen LogP contribution < -0.4 is 4.74 Å². The van der Waals surface area contributed by atoms with E-state index in [1.165, 1.54) is 17.3 Å². The van der Waals surface area contributed by atoms with Gasteiger partial charge in [-0.2, -0.15) is 0 Å². The number of nitro groups is 1. The summed E-state index contributed by atoms with van der Waals surface area (Å²) in [6, 6.07) is 6.11. The van der Waals surface area contributed by atoms with Gasteiger partial charge in [0.25, 0.3) is 0 Å². The first-order valence-electron chi connectivity index (χ1n) is 10.7. The molecular weight excluding hydrogens is 440 g/mol. The zero-order valence-electron chi connectivity index (χ0n) is 18.9. The minimum Gasteiger partial charge on any atom is -0.493 e. The Morgan fingerprint density at radius 3 is 2.94 bits per heavy atom. The van der Waals surface area contributed by atoms with Gasteiger partial charge in [-0.25, -0.2) is 15.0 Å². The van der Waals surface area contributed by atoms with Gasteiger partial charge < -0.3 is 19.4 Å². The average Bonchev–Trinajstić information content (AvgIpc) is 3.44. The molecule has 0 atom stereocenters. The predicted molar refractivity (Wildman–Crippen MR) is 131 cm³/mol. The first-order chi connectivity index (χ1) is 15.8. The zero-order chi connectivity index (χ0) is 23.8. The van der Waals surface area contributed by atoms with Crippen LogP contribution in [0, 0.1) is 22.4 Å². The van der Waals surface area contributed by atoms with E-state index in [-0.39, 0.29) is 5.82 Å². The molecule has 174 valence electrons. The van der Waals surface area contributed by atoms with Gasteiger partial charge in [-0.1, -0.05) is 26.0 Å². The SMILES string of the molecule is Cc1c(Cn2ccnc2C(C)C)cccc1OCCCSC(=N)/C=C\c1ncc([N+](=O)[O-])[nH]1. The predicted octanol–water partition coefficient (Wildman–Crippen LogP) is 5.19. The molecule has 0 aliphatic heterocycles. The Labute approximate surface area is 197 Å². The van der Waals surface area contributed by atoms with Gasteiger partial charge in [0.15, 0.2) is 0 Å². The van der Waals surface area contributed by atoms with Gasteiger partial charge >= 0.3 is 5.82 Å². The van der Waals surface area contributed by atoms with E-state index in [2.05, 4.69) is 46.4 Å². The molecule has 9 nitrogen and oxygen atoms in total. The van der Waals surface area contributed by atoms with E-state index in [4.69, 9.17) is 10.1 Å². The lowest BCUT2D eigenvalue weighted by molar-refractivity contribution is -0.389. The number of imidazole rings is 2. The van der Waals surface area contributed by atoms with Crippen LogP contribution in [0.4, 0.5) is 5.82 Å². The third-order valence-electron chi connectivity index (χ3n) is 4.98. The highest BCUT2D eigenvalue weighted by Gasteiger charge is 2.11. The molecule has 0 amide bonds. The molecule has 3 rings (SSSR count). The van der Waals surface area contributed by atoms with Gasteiger partial charge in [-0.15, -0.1) is 11.8 Å². The Hall–Kier alpha value is -3.40. The Morgan fingerprint density at radius 2 is 2.21 bits per heavy atom. The maximum absolute atomic E-state index is 10.7. The summed E-state index contributed by atoms with van der Waals surface area (Å²) in [5.74, 6) is 3.21. The summed E-state index contributed by atoms with van der Waals surface area (Å²) < 4.78 is 8.18. The number of aromatic amines is 1. The Morgan fingerprint density at radius 1 is 1.39 bits per heavy atom. The van der Waals surface area contributed by atoms with Crippen LogP contribution in [-0.4, -0.2) is 41.8 Å². The maximum Gasteiger partial charge on any atom is 0.340 e. The summed E-state index contributed by atoms with van der Waals surface area (Å²) in [5, 5.41) is 19.0. The fourth-order valence-corrected chi connectivity index (χ4v) is 3.90. The molecule has 2 aromatic heterocycles. The number of nitrogens with zero attached hydrogens (tertiary/aromatic N) is 4. The third kappa shape index (κ3) is 6.79. The van der Waals surface area contributed by atoms with Crippen molar-refractivity contribution in [2.75, 3.05) is 12.4 Å². The van der Waals surface area contributed by atoms with Crippen LogP contribution in [0.1, 0.15) is 49.0 Å². The average molecular weight is 469 g/mol. The van der Waals surface area contributed by atoms with Gasteiger partial charge in [-0.05, 0) is 41.5 Å². The number of H-pyrrole nitrogens is 1. The van der Waals surface area contributed by atoms with Crippen LogP contribution in [0.25, 0.3) is 6.08 Å². The number of rotatable bonds is 11. The van der Waals surface area contributed by atoms with Crippen LogP contribution in [0.2, 0.25) is 0 Å². The first-order valence-corrected chi connectivity index (χ1v) is 11.6. The molecule has 0 fully saturated rings. The van der Waals surface area contributed by atoms with Crippen LogP contribution in [0.15, 0.2) is 42.9 Å². The summed E-state index contributed by atoms with van der Waals surface area (Å²) in [7, 11) is 0. The van der Waals surface area contributed by atoms with Crippen molar-refractivity contribution in [3.63, 3.8) is 0 Å². The Kier molecular flexibility index (Phi) is 8.42. The van der Waals surface area contributed by atoms with E-state index in [0.717, 1.165) is 42.1 Å². The van der Waals surface area contributed by atoms with Crippen LogP contribution in [-0.2, 0) is 6.54 Å². The number of hydrogen-bond acceptors (Lipinski definition) is 7. The van der Waals surface area contributed by atoms with Crippen molar-refractivity contribution < 1.29 is 9.66 Å². The minimum atomic E-state index is -0.539. The number of nitrogens with one attached hydrogen (secondary N) is 2. The molecule has 0 aliphatic carbocycles. The fraction of sp³-hybridized carbons (Fsp3) is 0.348. The van der Waals surface area contributed by atoms with Crippen molar-refractivity contribution in [3.05, 3.63) is 75.8 Å². The van der Waals surface area contributed by atoms with E-state index in [9.17, 15) is 10.1 Å². The van der Waals surface area contributed by atoms with Gasteiger partial charge in [0.1, 0.15) is 17.8 Å². The number of aromatic nitrogens is 4. The summed E-state index contributed by atoms with van der Waals surface area (Å²) in [5.41, 5.74) is 2.32. The van der Waals surface area contributed by atoms with E-state index in [1.54, 1.807) is 12.2 Å². The molecule has 2 N–H and O–H groups in total. The molecule has 10 heteroatoms. The fourth-order valence-electron chi connectivity index (χ4n) is 3.26. The van der Waals surface area contributed by atoms with E-state index in [1.807, 2.05) is 24.5 Å². The molecule has 33 heavy (non-hydrogen) atoms. The normalized spacial score (nSPS) is 11.4. The van der Waals surface area contributed by atoms with Gasteiger partial charge in [0.2, 0.25) is 5.82 Å². The lowest BCUT2D eigenvalue weighted by atomic mass is 10.1. The van der Waals surface area contributed by atoms with Crippen molar-refractivity contribution in [1.82, 2.24) is 19.5 Å². The Balaban J connectivity index is 1.44. The quantitative estimate of drug-likeness (QED) is 0.131. The van der Waals surface area contributed by atoms with Crippen molar-refractivity contribution >= 4 is 28.7 Å². The number of benzene rings is 1. The summed E-state index contributed by atoms with van der Waals surface area (Å²) in [6.07, 6.45) is 8.92. The number of ether oxygens (including phenoxy) is 1. The Bertz CT molecular complexity index is 1130. The highest BCUT2D eigenvalue weighted by Crippen LogP contribution is 2.24. The molecule has 0 saturated heterocycles. The molecule has 0 unspecified atom stereocenters. The van der Waals surface area contributed by atoms with Crippen molar-refractivity contribution in [2.45, 2.75) is 39.7 Å². The van der Waals surface area contributed by atoms with Crippen molar-refractivity contribution in [2.24, 2.45) is 0 Å². The molecule has 2 heterocycles. The second kappa shape index (κ2) is 11.5. The van der Waals surface area contributed by atoms with E-state index in [0.29, 0.717) is 23.4 Å². The van der Waals surface area contributed by atoms with Crippen molar-refractivity contribution in [1.29, 1.82) is 5.41 Å². The van der Waals surface area contributed by atoms with Crippen LogP contribution in [0.5, 0.6) is 5.75 Å². The highest BCUT2D eigenvalue weighted by molar-refractivity contribution is 8.14. The zero-order valence-corrected chi connectivity index (χ0v) is 19.8. The summed E-state index contributed by atoms with van der Waals surface area (Å²) in [4.78, 5) is 21.0. The maximum atomic E-state index is 10.7. The summed E-state index contributed by atoms with van der Waals surface area (Å²) >= 11 is 1.39. The monoisotopic (exact) mass is 468 g/mol. The second-order valence-electron chi connectivity index (χ2n) is 7.77. The van der Waals surface area contributed by atoms with Gasteiger partial charge in [-0.3, -0.25) is 5.41 Å². The van der Waals surface area contributed by atoms with Crippen molar-refractivity contribution in [3.8, 4) is 5.75 Å². The minimum absolute atomic E-state index is 0.171. The number of hydrogen-bond donors (Lipinski definition) is 2. The van der Waals surface area contributed by atoms with E-state index < -0.39 is 4.92 Å². The molecule has 0 aliphatic rings. The molecule has 0 spiro atoms. The standard InChI is InChI=1S/C23H28N6O3S/c1-16(2)23-25-10-11-28(23)15-18-6-4-7-19(17(18)3)32-12-5-13-33-20(24)8-9-21-26-14-22(27-21)29(30)31/h4,6-11,14,16,24H,5,12-13,15H2,1-3H3,(H,26,27)/b9-8-,24-20?. The first kappa shape index (κ1) is 24.2. The highest BCUT2D eigenvalue weighted by atomic mass is 32.2. The molecular formula is C23H28N6O3S. The molecule has 0 saturated carbocycles. The lowest BCUT2D eigenvalue weighted by Gasteiger charge is -2.15. The topological polar surface area (TPSA) is 123 Å². The molecule has 0 bridgehead atoms.